The largest absolute Gasteiger partial charge is 0.364 e. The van der Waals surface area contributed by atoms with E-state index in [1.165, 1.54) is 10.9 Å². The molecular weight excluding hydrogens is 247 g/mol. The summed E-state index contributed by atoms with van der Waals surface area (Å²) in [7, 11) is 0. The molecule has 0 unspecified atom stereocenters. The van der Waals surface area contributed by atoms with Gasteiger partial charge >= 0.3 is 0 Å². The van der Waals surface area contributed by atoms with Crippen molar-refractivity contribution >= 4 is 17.0 Å². The topological polar surface area (TPSA) is 29.3 Å². The number of para-hydroxylation sites is 1. The van der Waals surface area contributed by atoms with Crippen LogP contribution >= 0.6 is 11.3 Å². The Morgan fingerprint density at radius 2 is 1.89 bits per heavy atom. The number of thiophene rings is 1. The van der Waals surface area contributed by atoms with E-state index in [9.17, 15) is 4.39 Å². The Morgan fingerprint density at radius 3 is 2.50 bits per heavy atom. The zero-order valence-corrected chi connectivity index (χ0v) is 11.2. The summed E-state index contributed by atoms with van der Waals surface area (Å²) in [5.41, 5.74) is 6.25. The zero-order valence-electron chi connectivity index (χ0n) is 10.4. The predicted molar refractivity (Wildman–Crippen MR) is 75.3 cm³/mol. The fraction of sp³-hybridized carbons (Fsp3) is 0.286. The molecule has 0 radical (unpaired) electrons. The van der Waals surface area contributed by atoms with Gasteiger partial charge in [-0.3, -0.25) is 0 Å². The summed E-state index contributed by atoms with van der Waals surface area (Å²) in [5.74, 6) is -0.171. The lowest BCUT2D eigenvalue weighted by Crippen LogP contribution is -2.22. The molecule has 4 heteroatoms. The van der Waals surface area contributed by atoms with E-state index in [0.717, 1.165) is 18.0 Å². The average molecular weight is 264 g/mol. The Balaban J connectivity index is 2.17. The molecule has 0 saturated heterocycles. The fourth-order valence-corrected chi connectivity index (χ4v) is 2.79. The van der Waals surface area contributed by atoms with Crippen LogP contribution in [0.25, 0.3) is 0 Å². The third-order valence-corrected chi connectivity index (χ3v) is 3.93. The van der Waals surface area contributed by atoms with Crippen molar-refractivity contribution in [2.75, 3.05) is 11.4 Å². The molecule has 0 fully saturated rings. The van der Waals surface area contributed by atoms with Crippen molar-refractivity contribution in [1.82, 2.24) is 0 Å². The fourth-order valence-electron chi connectivity index (χ4n) is 1.88. The van der Waals surface area contributed by atoms with Crippen molar-refractivity contribution < 1.29 is 4.39 Å². The van der Waals surface area contributed by atoms with Gasteiger partial charge < -0.3 is 10.6 Å². The quantitative estimate of drug-likeness (QED) is 0.897. The van der Waals surface area contributed by atoms with Crippen LogP contribution in [0, 0.1) is 5.82 Å². The minimum atomic E-state index is -0.171. The molecule has 1 heterocycles. The first-order valence-electron chi connectivity index (χ1n) is 6.01. The molecule has 0 spiro atoms. The smallest absolute Gasteiger partial charge is 0.146 e. The normalized spacial score (nSPS) is 10.6. The number of hydrogen-bond donors (Lipinski definition) is 1. The van der Waals surface area contributed by atoms with Gasteiger partial charge in [0.1, 0.15) is 5.82 Å². The molecule has 1 aromatic heterocycles. The SMILES string of the molecule is CCN(Cc1ccc(CN)s1)c1ccccc1F. The maximum absolute atomic E-state index is 13.7. The summed E-state index contributed by atoms with van der Waals surface area (Å²) < 4.78 is 13.7. The van der Waals surface area contributed by atoms with E-state index >= 15 is 0 Å². The van der Waals surface area contributed by atoms with Crippen molar-refractivity contribution in [2.24, 2.45) is 5.73 Å². The standard InChI is InChI=1S/C14H17FN2S/c1-2-17(14-6-4-3-5-13(14)15)10-12-8-7-11(9-16)18-12/h3-8H,2,9-10,16H2,1H3. The van der Waals surface area contributed by atoms with Gasteiger partial charge in [0.05, 0.1) is 12.2 Å². The Hall–Kier alpha value is -1.39. The maximum Gasteiger partial charge on any atom is 0.146 e. The number of halogens is 1. The molecule has 18 heavy (non-hydrogen) atoms. The van der Waals surface area contributed by atoms with E-state index in [0.29, 0.717) is 12.2 Å². The number of nitrogens with two attached hydrogens (primary N) is 1. The minimum absolute atomic E-state index is 0.171. The molecule has 2 N–H and O–H groups in total. The number of benzene rings is 1. The molecule has 2 rings (SSSR count). The first-order valence-corrected chi connectivity index (χ1v) is 6.83. The highest BCUT2D eigenvalue weighted by Crippen LogP contribution is 2.23. The third kappa shape index (κ3) is 2.89. The summed E-state index contributed by atoms with van der Waals surface area (Å²) in [4.78, 5) is 4.40. The summed E-state index contributed by atoms with van der Waals surface area (Å²) in [6.07, 6.45) is 0. The second-order valence-corrected chi connectivity index (χ2v) is 5.29. The molecule has 96 valence electrons. The van der Waals surface area contributed by atoms with Gasteiger partial charge in [-0.25, -0.2) is 4.39 Å². The van der Waals surface area contributed by atoms with Gasteiger partial charge in [-0.2, -0.15) is 0 Å². The molecule has 0 atom stereocenters. The van der Waals surface area contributed by atoms with E-state index in [4.69, 9.17) is 5.73 Å². The molecule has 0 aliphatic heterocycles. The lowest BCUT2D eigenvalue weighted by Gasteiger charge is -2.22. The van der Waals surface area contributed by atoms with Gasteiger partial charge in [0.15, 0.2) is 0 Å². The highest BCUT2D eigenvalue weighted by atomic mass is 32.1. The average Bonchev–Trinajstić information content (AvgIpc) is 2.85. The van der Waals surface area contributed by atoms with Crippen LogP contribution in [0.1, 0.15) is 16.7 Å². The second kappa shape index (κ2) is 5.98. The molecule has 0 aliphatic carbocycles. The van der Waals surface area contributed by atoms with Crippen LogP contribution in [0.2, 0.25) is 0 Å². The molecule has 0 amide bonds. The highest BCUT2D eigenvalue weighted by Gasteiger charge is 2.10. The van der Waals surface area contributed by atoms with Crippen LogP contribution in [0.3, 0.4) is 0 Å². The molecule has 1 aromatic carbocycles. The van der Waals surface area contributed by atoms with Gasteiger partial charge in [0, 0.05) is 22.8 Å². The van der Waals surface area contributed by atoms with E-state index in [-0.39, 0.29) is 5.82 Å². The number of nitrogens with zero attached hydrogens (tertiary/aromatic N) is 1. The molecule has 0 aliphatic rings. The zero-order chi connectivity index (χ0) is 13.0. The Kier molecular flexibility index (Phi) is 4.33. The minimum Gasteiger partial charge on any atom is -0.364 e. The van der Waals surface area contributed by atoms with Crippen molar-refractivity contribution in [3.05, 3.63) is 52.0 Å². The first kappa shape index (κ1) is 13.1. The van der Waals surface area contributed by atoms with Crippen LogP contribution in [0.4, 0.5) is 10.1 Å². The Bertz CT molecular complexity index is 510. The number of hydrogen-bond acceptors (Lipinski definition) is 3. The van der Waals surface area contributed by atoms with Gasteiger partial charge in [0.25, 0.3) is 0 Å². The number of anilines is 1. The Labute approximate surface area is 111 Å². The van der Waals surface area contributed by atoms with Crippen LogP contribution in [-0.2, 0) is 13.1 Å². The van der Waals surface area contributed by atoms with Crippen LogP contribution in [0.5, 0.6) is 0 Å². The molecule has 2 nitrogen and oxygen atoms in total. The van der Waals surface area contributed by atoms with Crippen molar-refractivity contribution in [3.8, 4) is 0 Å². The van der Waals surface area contributed by atoms with Gasteiger partial charge in [-0.1, -0.05) is 12.1 Å². The highest BCUT2D eigenvalue weighted by molar-refractivity contribution is 7.12. The second-order valence-electron chi connectivity index (χ2n) is 4.04. The summed E-state index contributed by atoms with van der Waals surface area (Å²) in [6, 6.07) is 11.0. The van der Waals surface area contributed by atoms with Crippen LogP contribution < -0.4 is 10.6 Å². The van der Waals surface area contributed by atoms with E-state index in [2.05, 4.69) is 6.07 Å². The lowest BCUT2D eigenvalue weighted by molar-refractivity contribution is 0.618. The Morgan fingerprint density at radius 1 is 1.17 bits per heavy atom. The van der Waals surface area contributed by atoms with E-state index < -0.39 is 0 Å². The molecular formula is C14H17FN2S. The van der Waals surface area contributed by atoms with Gasteiger partial charge in [-0.05, 0) is 31.2 Å². The molecule has 0 saturated carbocycles. The first-order chi connectivity index (χ1) is 8.74. The van der Waals surface area contributed by atoms with Crippen LogP contribution in [-0.4, -0.2) is 6.54 Å². The van der Waals surface area contributed by atoms with Crippen LogP contribution in [0.15, 0.2) is 36.4 Å². The van der Waals surface area contributed by atoms with Crippen molar-refractivity contribution in [1.29, 1.82) is 0 Å². The third-order valence-electron chi connectivity index (χ3n) is 2.84. The van der Waals surface area contributed by atoms with Gasteiger partial charge in [0.2, 0.25) is 0 Å². The van der Waals surface area contributed by atoms with Crippen molar-refractivity contribution in [3.63, 3.8) is 0 Å². The summed E-state index contributed by atoms with van der Waals surface area (Å²) in [5, 5.41) is 0. The molecule has 0 bridgehead atoms. The van der Waals surface area contributed by atoms with Crippen molar-refractivity contribution in [2.45, 2.75) is 20.0 Å². The molecule has 2 aromatic rings. The lowest BCUT2D eigenvalue weighted by atomic mass is 10.2. The predicted octanol–water partition coefficient (Wildman–Crippen LogP) is 3.37. The summed E-state index contributed by atoms with van der Waals surface area (Å²) in [6.45, 7) is 4.10. The van der Waals surface area contributed by atoms with E-state index in [1.54, 1.807) is 17.4 Å². The van der Waals surface area contributed by atoms with Gasteiger partial charge in [-0.15, -0.1) is 11.3 Å². The van der Waals surface area contributed by atoms with E-state index in [1.807, 2.05) is 30.0 Å². The number of rotatable bonds is 5. The maximum atomic E-state index is 13.7. The summed E-state index contributed by atoms with van der Waals surface area (Å²) >= 11 is 1.69. The monoisotopic (exact) mass is 264 g/mol.